The summed E-state index contributed by atoms with van der Waals surface area (Å²) in [5.74, 6) is 0.578. The molecule has 0 aromatic rings. The molecule has 6 heteroatoms. The molecule has 0 radical (unpaired) electrons. The van der Waals surface area contributed by atoms with Gasteiger partial charge in [0.15, 0.2) is 9.84 Å². The number of unbranched alkanes of at least 4 members (excludes halogenated alkanes) is 5. The van der Waals surface area contributed by atoms with Gasteiger partial charge in [-0.1, -0.05) is 64.7 Å². The summed E-state index contributed by atoms with van der Waals surface area (Å²) in [7, 11) is -3.10. The van der Waals surface area contributed by atoms with E-state index in [1.807, 2.05) is 4.90 Å². The van der Waals surface area contributed by atoms with Crippen molar-refractivity contribution in [2.24, 2.45) is 0 Å². The summed E-state index contributed by atoms with van der Waals surface area (Å²) in [6.07, 6.45) is 17.2. The van der Waals surface area contributed by atoms with E-state index >= 15 is 0 Å². The Kier molecular flexibility index (Phi) is 8.05. The van der Waals surface area contributed by atoms with Crippen LogP contribution >= 0.6 is 0 Å². The number of sulfone groups is 1. The minimum atomic E-state index is -3.10. The van der Waals surface area contributed by atoms with Crippen LogP contribution in [0.4, 0.5) is 0 Å². The van der Waals surface area contributed by atoms with Gasteiger partial charge in [-0.25, -0.2) is 8.42 Å². The third-order valence-electron chi connectivity index (χ3n) is 7.47. The summed E-state index contributed by atoms with van der Waals surface area (Å²) in [4.78, 5) is 15.5. The van der Waals surface area contributed by atoms with Crippen LogP contribution in [-0.2, 0) is 14.6 Å². The van der Waals surface area contributed by atoms with E-state index in [0.29, 0.717) is 6.54 Å². The molecule has 2 spiro atoms. The first-order valence-corrected chi connectivity index (χ1v) is 14.1. The molecule has 3 rings (SSSR count). The van der Waals surface area contributed by atoms with Gasteiger partial charge in [0.1, 0.15) is 0 Å². The highest BCUT2D eigenvalue weighted by molar-refractivity contribution is 7.91. The van der Waals surface area contributed by atoms with Crippen LogP contribution in [0.5, 0.6) is 0 Å². The first kappa shape index (κ1) is 23.1. The second kappa shape index (κ2) is 10.1. The number of hydrogen-bond donors (Lipinski definition) is 1. The average molecular weight is 427 g/mol. The predicted octanol–water partition coefficient (Wildman–Crippen LogP) is 4.56. The molecule has 29 heavy (non-hydrogen) atoms. The lowest BCUT2D eigenvalue weighted by atomic mass is 9.81. The lowest BCUT2D eigenvalue weighted by Gasteiger charge is -2.42. The molecule has 2 saturated carbocycles. The molecule has 2 aliphatic carbocycles. The normalized spacial score (nSPS) is 23.9. The third kappa shape index (κ3) is 5.55. The topological polar surface area (TPSA) is 66.5 Å². The minimum absolute atomic E-state index is 0.118. The van der Waals surface area contributed by atoms with Crippen LogP contribution in [0.3, 0.4) is 0 Å². The van der Waals surface area contributed by atoms with Crippen LogP contribution in [0.15, 0.2) is 0 Å². The molecule has 3 fully saturated rings. The lowest BCUT2D eigenvalue weighted by Crippen LogP contribution is -2.56. The van der Waals surface area contributed by atoms with Crippen molar-refractivity contribution in [1.82, 2.24) is 10.2 Å². The summed E-state index contributed by atoms with van der Waals surface area (Å²) in [6, 6.07) is 0. The Morgan fingerprint density at radius 3 is 2.07 bits per heavy atom. The van der Waals surface area contributed by atoms with E-state index in [9.17, 15) is 13.2 Å². The summed E-state index contributed by atoms with van der Waals surface area (Å²) >= 11 is 0. The SMILES string of the molecule is CCCCCCCCS(=O)(=O)CCN1C(=O)C2(CCCCC2)NC12CCCCC2. The van der Waals surface area contributed by atoms with E-state index in [1.54, 1.807) is 0 Å². The average Bonchev–Trinajstić information content (AvgIpc) is 2.91. The number of carbonyl (C=O) groups excluding carboxylic acids is 1. The molecule has 0 atom stereocenters. The summed E-state index contributed by atoms with van der Waals surface area (Å²) < 4.78 is 25.3. The number of rotatable bonds is 10. The number of hydrogen-bond acceptors (Lipinski definition) is 4. The maximum Gasteiger partial charge on any atom is 0.244 e. The molecule has 1 N–H and O–H groups in total. The van der Waals surface area contributed by atoms with Gasteiger partial charge in [-0.15, -0.1) is 0 Å². The first-order valence-electron chi connectivity index (χ1n) is 12.2. The first-order chi connectivity index (χ1) is 13.9. The fraction of sp³-hybridized carbons (Fsp3) is 0.957. The zero-order valence-electron chi connectivity index (χ0n) is 18.5. The van der Waals surface area contributed by atoms with Crippen LogP contribution in [0.25, 0.3) is 0 Å². The van der Waals surface area contributed by atoms with Gasteiger partial charge in [-0.3, -0.25) is 10.1 Å². The number of nitrogens with zero attached hydrogens (tertiary/aromatic N) is 1. The summed E-state index contributed by atoms with van der Waals surface area (Å²) in [5, 5.41) is 3.81. The fourth-order valence-corrected chi connectivity index (χ4v) is 7.10. The maximum atomic E-state index is 13.5. The van der Waals surface area contributed by atoms with E-state index in [1.165, 1.54) is 32.1 Å². The Hall–Kier alpha value is -0.620. The molecule has 1 heterocycles. The molecule has 1 saturated heterocycles. The zero-order valence-corrected chi connectivity index (χ0v) is 19.3. The van der Waals surface area contributed by atoms with Crippen molar-refractivity contribution in [3.05, 3.63) is 0 Å². The van der Waals surface area contributed by atoms with Crippen molar-refractivity contribution in [3.63, 3.8) is 0 Å². The number of amides is 1. The Morgan fingerprint density at radius 2 is 1.41 bits per heavy atom. The Bertz CT molecular complexity index is 635. The van der Waals surface area contributed by atoms with E-state index in [-0.39, 0.29) is 23.1 Å². The third-order valence-corrected chi connectivity index (χ3v) is 9.18. The van der Waals surface area contributed by atoms with E-state index in [0.717, 1.165) is 70.6 Å². The van der Waals surface area contributed by atoms with Crippen LogP contribution in [0.2, 0.25) is 0 Å². The maximum absolute atomic E-state index is 13.5. The Morgan fingerprint density at radius 1 is 0.828 bits per heavy atom. The number of nitrogens with one attached hydrogen (secondary N) is 1. The second-order valence-electron chi connectivity index (χ2n) is 9.74. The Balaban J connectivity index is 1.59. The van der Waals surface area contributed by atoms with E-state index < -0.39 is 15.4 Å². The molecule has 3 aliphatic rings. The smallest absolute Gasteiger partial charge is 0.244 e. The molecule has 0 aromatic carbocycles. The van der Waals surface area contributed by atoms with Gasteiger partial charge in [-0.2, -0.15) is 0 Å². The quantitative estimate of drug-likeness (QED) is 0.520. The highest BCUT2D eigenvalue weighted by atomic mass is 32.2. The summed E-state index contributed by atoms with van der Waals surface area (Å²) in [5.41, 5.74) is -0.707. The van der Waals surface area contributed by atoms with Crippen molar-refractivity contribution in [3.8, 4) is 0 Å². The largest absolute Gasteiger partial charge is 0.322 e. The van der Waals surface area contributed by atoms with Crippen molar-refractivity contribution < 1.29 is 13.2 Å². The van der Waals surface area contributed by atoms with E-state index in [4.69, 9.17) is 0 Å². The monoisotopic (exact) mass is 426 g/mol. The van der Waals surface area contributed by atoms with Gasteiger partial charge in [0, 0.05) is 6.54 Å². The molecule has 0 unspecified atom stereocenters. The highest BCUT2D eigenvalue weighted by Crippen LogP contribution is 2.44. The van der Waals surface area contributed by atoms with E-state index in [2.05, 4.69) is 12.2 Å². The van der Waals surface area contributed by atoms with Gasteiger partial charge in [0.2, 0.25) is 5.91 Å². The highest BCUT2D eigenvalue weighted by Gasteiger charge is 2.58. The Labute approximate surface area is 178 Å². The molecule has 5 nitrogen and oxygen atoms in total. The van der Waals surface area contributed by atoms with Gasteiger partial charge in [-0.05, 0) is 44.9 Å². The molecule has 0 bridgehead atoms. The molecular weight excluding hydrogens is 384 g/mol. The van der Waals surface area contributed by atoms with Crippen molar-refractivity contribution >= 4 is 15.7 Å². The molecule has 1 aliphatic heterocycles. The molecular formula is C23H42N2O3S. The number of carbonyl (C=O) groups is 1. The predicted molar refractivity (Wildman–Crippen MR) is 119 cm³/mol. The lowest BCUT2D eigenvalue weighted by molar-refractivity contribution is -0.136. The molecule has 168 valence electrons. The van der Waals surface area contributed by atoms with Gasteiger partial charge in [0.25, 0.3) is 0 Å². The van der Waals surface area contributed by atoms with Crippen LogP contribution in [0, 0.1) is 0 Å². The van der Waals surface area contributed by atoms with Crippen molar-refractivity contribution in [2.75, 3.05) is 18.1 Å². The fourth-order valence-electron chi connectivity index (χ4n) is 5.80. The van der Waals surface area contributed by atoms with Crippen LogP contribution in [0.1, 0.15) is 110 Å². The van der Waals surface area contributed by atoms with Crippen LogP contribution in [-0.4, -0.2) is 48.5 Å². The minimum Gasteiger partial charge on any atom is -0.322 e. The van der Waals surface area contributed by atoms with Gasteiger partial charge >= 0.3 is 0 Å². The van der Waals surface area contributed by atoms with Crippen molar-refractivity contribution in [2.45, 2.75) is 121 Å². The van der Waals surface area contributed by atoms with Crippen molar-refractivity contribution in [1.29, 1.82) is 0 Å². The zero-order chi connectivity index (χ0) is 20.8. The standard InChI is InChI=1S/C23H42N2O3S/c1-2-3-4-5-6-13-19-29(27,28)20-18-25-21(26)22(14-9-7-10-15-22)24-23(25)16-11-8-12-17-23/h24H,2-20H2,1H3. The molecule has 1 amide bonds. The summed E-state index contributed by atoms with van der Waals surface area (Å²) in [6.45, 7) is 2.56. The second-order valence-corrected chi connectivity index (χ2v) is 12.0. The van der Waals surface area contributed by atoms with Gasteiger partial charge in [0.05, 0.1) is 22.7 Å². The van der Waals surface area contributed by atoms with Gasteiger partial charge < -0.3 is 4.90 Å². The molecule has 0 aromatic heterocycles. The van der Waals surface area contributed by atoms with Crippen LogP contribution < -0.4 is 5.32 Å².